The molecule has 1 saturated heterocycles. The number of ether oxygens (including phenoxy) is 4. The SMILES string of the molecule is COc1ccc2nccc(OC[C@H]3CC[C@H](NCc4ccc5c(c4)OCCO5)CN3)c2c1. The summed E-state index contributed by atoms with van der Waals surface area (Å²) in [4.78, 5) is 4.42. The van der Waals surface area contributed by atoms with Crippen LogP contribution in [-0.4, -0.2) is 50.5 Å². The van der Waals surface area contributed by atoms with Gasteiger partial charge in [-0.15, -0.1) is 0 Å². The molecule has 0 saturated carbocycles. The van der Waals surface area contributed by atoms with Crippen LogP contribution in [0.2, 0.25) is 0 Å². The third-order valence-corrected chi connectivity index (χ3v) is 6.07. The Kier molecular flexibility index (Phi) is 6.27. The fourth-order valence-electron chi connectivity index (χ4n) is 4.24. The van der Waals surface area contributed by atoms with Crippen molar-refractivity contribution in [2.45, 2.75) is 31.5 Å². The van der Waals surface area contributed by atoms with E-state index < -0.39 is 0 Å². The van der Waals surface area contributed by atoms with E-state index in [4.69, 9.17) is 18.9 Å². The molecule has 3 aromatic rings. The van der Waals surface area contributed by atoms with E-state index in [1.54, 1.807) is 13.3 Å². The van der Waals surface area contributed by atoms with E-state index in [1.165, 1.54) is 5.56 Å². The molecule has 32 heavy (non-hydrogen) atoms. The van der Waals surface area contributed by atoms with Crippen LogP contribution in [0.3, 0.4) is 0 Å². The zero-order chi connectivity index (χ0) is 21.8. The van der Waals surface area contributed by atoms with E-state index in [1.807, 2.05) is 30.3 Å². The lowest BCUT2D eigenvalue weighted by molar-refractivity contribution is 0.171. The van der Waals surface area contributed by atoms with Crippen LogP contribution in [0.15, 0.2) is 48.7 Å². The van der Waals surface area contributed by atoms with Crippen LogP contribution in [0.1, 0.15) is 18.4 Å². The molecule has 7 nitrogen and oxygen atoms in total. The monoisotopic (exact) mass is 435 g/mol. The van der Waals surface area contributed by atoms with Crippen molar-refractivity contribution >= 4 is 10.9 Å². The summed E-state index contributed by atoms with van der Waals surface area (Å²) in [7, 11) is 1.67. The predicted molar refractivity (Wildman–Crippen MR) is 123 cm³/mol. The van der Waals surface area contributed by atoms with Crippen LogP contribution in [0.5, 0.6) is 23.0 Å². The summed E-state index contributed by atoms with van der Waals surface area (Å²) in [5.74, 6) is 3.33. The molecule has 0 radical (unpaired) electrons. The van der Waals surface area contributed by atoms with Crippen molar-refractivity contribution < 1.29 is 18.9 Å². The number of hydrogen-bond acceptors (Lipinski definition) is 7. The highest BCUT2D eigenvalue weighted by Crippen LogP contribution is 2.31. The predicted octanol–water partition coefficient (Wildman–Crippen LogP) is 3.30. The highest BCUT2D eigenvalue weighted by Gasteiger charge is 2.21. The Morgan fingerprint density at radius 1 is 1.06 bits per heavy atom. The Hall–Kier alpha value is -3.03. The Morgan fingerprint density at radius 3 is 2.81 bits per heavy atom. The molecule has 0 amide bonds. The van der Waals surface area contributed by atoms with Gasteiger partial charge >= 0.3 is 0 Å². The second-order valence-corrected chi connectivity index (χ2v) is 8.24. The number of nitrogens with one attached hydrogen (secondary N) is 2. The number of piperidine rings is 1. The first-order chi connectivity index (χ1) is 15.8. The third-order valence-electron chi connectivity index (χ3n) is 6.07. The Morgan fingerprint density at radius 2 is 1.97 bits per heavy atom. The van der Waals surface area contributed by atoms with Crippen LogP contribution < -0.4 is 29.6 Å². The van der Waals surface area contributed by atoms with E-state index in [9.17, 15) is 0 Å². The molecule has 0 unspecified atom stereocenters. The van der Waals surface area contributed by atoms with Crippen molar-refractivity contribution in [3.8, 4) is 23.0 Å². The quantitative estimate of drug-likeness (QED) is 0.590. The van der Waals surface area contributed by atoms with Gasteiger partial charge in [0.05, 0.1) is 12.6 Å². The van der Waals surface area contributed by atoms with Crippen molar-refractivity contribution in [3.63, 3.8) is 0 Å². The summed E-state index contributed by atoms with van der Waals surface area (Å²) in [6, 6.07) is 14.7. The van der Waals surface area contributed by atoms with Crippen molar-refractivity contribution in [3.05, 3.63) is 54.2 Å². The summed E-state index contributed by atoms with van der Waals surface area (Å²) in [5.41, 5.74) is 2.11. The molecule has 3 heterocycles. The van der Waals surface area contributed by atoms with Gasteiger partial charge in [-0.1, -0.05) is 6.07 Å². The third kappa shape index (κ3) is 4.74. The fraction of sp³-hybridized carbons (Fsp3) is 0.400. The number of fused-ring (bicyclic) bond motifs is 2. The van der Waals surface area contributed by atoms with Crippen LogP contribution in [0.25, 0.3) is 10.9 Å². The molecular formula is C25H29N3O4. The van der Waals surface area contributed by atoms with Gasteiger partial charge < -0.3 is 29.6 Å². The molecule has 5 rings (SSSR count). The van der Waals surface area contributed by atoms with Gasteiger partial charge in [0, 0.05) is 36.8 Å². The summed E-state index contributed by atoms with van der Waals surface area (Å²) in [6.07, 6.45) is 3.96. The summed E-state index contributed by atoms with van der Waals surface area (Å²) >= 11 is 0. The van der Waals surface area contributed by atoms with Crippen molar-refractivity contribution in [2.24, 2.45) is 0 Å². The minimum atomic E-state index is 0.330. The molecule has 2 N–H and O–H groups in total. The molecular weight excluding hydrogens is 406 g/mol. The minimum Gasteiger partial charge on any atom is -0.497 e. The fourth-order valence-corrected chi connectivity index (χ4v) is 4.24. The molecule has 2 aliphatic rings. The molecule has 0 spiro atoms. The molecule has 0 aliphatic carbocycles. The maximum Gasteiger partial charge on any atom is 0.161 e. The van der Waals surface area contributed by atoms with Crippen LogP contribution in [-0.2, 0) is 6.54 Å². The van der Waals surface area contributed by atoms with Gasteiger partial charge in [0.2, 0.25) is 0 Å². The lowest BCUT2D eigenvalue weighted by Crippen LogP contribution is -2.49. The molecule has 2 aromatic carbocycles. The number of rotatable bonds is 7. The lowest BCUT2D eigenvalue weighted by Gasteiger charge is -2.30. The maximum absolute atomic E-state index is 6.17. The van der Waals surface area contributed by atoms with E-state index in [2.05, 4.69) is 27.8 Å². The Labute approximate surface area is 188 Å². The summed E-state index contributed by atoms with van der Waals surface area (Å²) < 4.78 is 22.8. The second-order valence-electron chi connectivity index (χ2n) is 8.24. The number of pyridine rings is 1. The normalized spacial score (nSPS) is 20.2. The summed E-state index contributed by atoms with van der Waals surface area (Å²) in [6.45, 7) is 3.60. The molecule has 2 atom stereocenters. The largest absolute Gasteiger partial charge is 0.497 e. The van der Waals surface area contributed by atoms with Gasteiger partial charge in [-0.25, -0.2) is 0 Å². The van der Waals surface area contributed by atoms with Crippen molar-refractivity contribution in [2.75, 3.05) is 33.5 Å². The maximum atomic E-state index is 6.17. The molecule has 7 heteroatoms. The number of nitrogens with zero attached hydrogens (tertiary/aromatic N) is 1. The number of methoxy groups -OCH3 is 1. The highest BCUT2D eigenvalue weighted by atomic mass is 16.6. The van der Waals surface area contributed by atoms with Crippen molar-refractivity contribution in [1.82, 2.24) is 15.6 Å². The van der Waals surface area contributed by atoms with Crippen LogP contribution in [0, 0.1) is 0 Å². The van der Waals surface area contributed by atoms with Crippen LogP contribution >= 0.6 is 0 Å². The van der Waals surface area contributed by atoms with Gasteiger partial charge in [-0.05, 0) is 54.8 Å². The molecule has 1 fully saturated rings. The first-order valence-corrected chi connectivity index (χ1v) is 11.2. The number of aromatic nitrogens is 1. The average molecular weight is 436 g/mol. The zero-order valence-electron chi connectivity index (χ0n) is 18.3. The molecule has 0 bridgehead atoms. The first-order valence-electron chi connectivity index (χ1n) is 11.2. The highest BCUT2D eigenvalue weighted by molar-refractivity contribution is 5.86. The van der Waals surface area contributed by atoms with Crippen molar-refractivity contribution in [1.29, 1.82) is 0 Å². The lowest BCUT2D eigenvalue weighted by atomic mass is 10.0. The van der Waals surface area contributed by atoms with E-state index in [0.29, 0.717) is 31.9 Å². The molecule has 2 aliphatic heterocycles. The number of benzene rings is 2. The van der Waals surface area contributed by atoms with Gasteiger partial charge in [-0.2, -0.15) is 0 Å². The first kappa shape index (κ1) is 20.8. The smallest absolute Gasteiger partial charge is 0.161 e. The summed E-state index contributed by atoms with van der Waals surface area (Å²) in [5, 5.41) is 8.25. The Balaban J connectivity index is 1.10. The number of hydrogen-bond donors (Lipinski definition) is 2. The topological polar surface area (TPSA) is 73.9 Å². The molecule has 1 aromatic heterocycles. The zero-order valence-corrected chi connectivity index (χ0v) is 18.3. The van der Waals surface area contributed by atoms with Crippen LogP contribution in [0.4, 0.5) is 0 Å². The van der Waals surface area contributed by atoms with Gasteiger partial charge in [0.1, 0.15) is 31.3 Å². The minimum absolute atomic E-state index is 0.330. The van der Waals surface area contributed by atoms with Gasteiger partial charge in [0.15, 0.2) is 11.5 Å². The van der Waals surface area contributed by atoms with E-state index in [-0.39, 0.29) is 0 Å². The Bertz CT molecular complexity index is 1070. The average Bonchev–Trinajstić information content (AvgIpc) is 2.86. The second kappa shape index (κ2) is 9.63. The molecule has 168 valence electrons. The standard InChI is InChI=1S/C25H29N3O4/c1-29-20-5-6-22-21(13-20)23(8-9-26-22)32-16-19-4-3-18(15-28-19)27-14-17-2-7-24-25(12-17)31-11-10-30-24/h2,5-9,12-13,18-19,27-28H,3-4,10-11,14-16H2,1H3/t18-,19+/m0/s1. The van der Waals surface area contributed by atoms with E-state index in [0.717, 1.165) is 59.8 Å². The van der Waals surface area contributed by atoms with Gasteiger partial charge in [-0.3, -0.25) is 4.98 Å². The van der Waals surface area contributed by atoms with Gasteiger partial charge in [0.25, 0.3) is 0 Å². The van der Waals surface area contributed by atoms with E-state index >= 15 is 0 Å².